The van der Waals surface area contributed by atoms with Crippen LogP contribution in [0, 0.1) is 13.8 Å². The number of nitrogens with one attached hydrogen (secondary N) is 1. The first-order valence-electron chi connectivity index (χ1n) is 9.31. The van der Waals surface area contributed by atoms with E-state index >= 15 is 0 Å². The number of ether oxygens (including phenoxy) is 2. The first-order valence-corrected chi connectivity index (χ1v) is 10.4. The molecule has 1 aromatic heterocycles. The van der Waals surface area contributed by atoms with Crippen LogP contribution in [-0.2, 0) is 4.79 Å². The van der Waals surface area contributed by atoms with Crippen molar-refractivity contribution in [2.75, 3.05) is 25.3 Å². The highest BCUT2D eigenvalue weighted by atomic mass is 32.2. The molecule has 0 bridgehead atoms. The summed E-state index contributed by atoms with van der Waals surface area (Å²) in [7, 11) is 3.29. The van der Waals surface area contributed by atoms with Gasteiger partial charge in [0.1, 0.15) is 17.3 Å². The summed E-state index contributed by atoms with van der Waals surface area (Å²) in [6.45, 7) is 4.02. The fraction of sp³-hybridized carbons (Fsp3) is 0.273. The van der Waals surface area contributed by atoms with Gasteiger partial charge < -0.3 is 14.8 Å². The van der Waals surface area contributed by atoms with Gasteiger partial charge in [0, 0.05) is 11.1 Å². The number of hydrogen-bond acceptors (Lipinski definition) is 5. The third kappa shape index (κ3) is 3.58. The highest BCUT2D eigenvalue weighted by Gasteiger charge is 2.32. The van der Waals surface area contributed by atoms with Crippen LogP contribution in [0.5, 0.6) is 11.5 Å². The quantitative estimate of drug-likeness (QED) is 0.697. The topological polar surface area (TPSA) is 65.4 Å². The number of aromatic nitrogens is 2. The van der Waals surface area contributed by atoms with E-state index in [0.29, 0.717) is 11.6 Å². The Kier molecular flexibility index (Phi) is 5.24. The SMILES string of the molecule is COc1ccc(OC)c([C@@H]2SCC(=O)Nc3c2c(C)nn3-c2ccc(C)cc2)c1. The molecule has 0 fully saturated rings. The molecular weight excluding hydrogens is 386 g/mol. The molecule has 1 aliphatic rings. The first-order chi connectivity index (χ1) is 14.0. The van der Waals surface area contributed by atoms with Crippen LogP contribution in [0.4, 0.5) is 5.82 Å². The maximum atomic E-state index is 12.5. The summed E-state index contributed by atoms with van der Waals surface area (Å²) in [6, 6.07) is 13.8. The van der Waals surface area contributed by atoms with Crippen LogP contribution in [0.15, 0.2) is 42.5 Å². The number of aryl methyl sites for hydroxylation is 2. The number of rotatable bonds is 4. The summed E-state index contributed by atoms with van der Waals surface area (Å²) in [5, 5.41) is 7.70. The second-order valence-electron chi connectivity index (χ2n) is 6.94. The lowest BCUT2D eigenvalue weighted by Gasteiger charge is -2.19. The van der Waals surface area contributed by atoms with E-state index in [-0.39, 0.29) is 11.2 Å². The molecule has 0 spiro atoms. The number of methoxy groups -OCH3 is 2. The van der Waals surface area contributed by atoms with Crippen molar-refractivity contribution in [2.45, 2.75) is 19.1 Å². The molecule has 1 atom stereocenters. The van der Waals surface area contributed by atoms with Crippen molar-refractivity contribution in [3.8, 4) is 17.2 Å². The van der Waals surface area contributed by atoms with Gasteiger partial charge in [-0.25, -0.2) is 4.68 Å². The Morgan fingerprint density at radius 3 is 2.55 bits per heavy atom. The van der Waals surface area contributed by atoms with Crippen LogP contribution in [-0.4, -0.2) is 35.7 Å². The molecule has 150 valence electrons. The maximum absolute atomic E-state index is 12.5. The normalized spacial score (nSPS) is 16.0. The van der Waals surface area contributed by atoms with Crippen LogP contribution in [0.2, 0.25) is 0 Å². The number of thioether (sulfide) groups is 1. The number of benzene rings is 2. The van der Waals surface area contributed by atoms with Crippen LogP contribution in [0.1, 0.15) is 27.6 Å². The molecule has 7 heteroatoms. The van der Waals surface area contributed by atoms with Crippen molar-refractivity contribution in [1.29, 1.82) is 0 Å². The summed E-state index contributed by atoms with van der Waals surface area (Å²) < 4.78 is 12.9. The minimum Gasteiger partial charge on any atom is -0.497 e. The van der Waals surface area contributed by atoms with E-state index < -0.39 is 0 Å². The molecule has 6 nitrogen and oxygen atoms in total. The van der Waals surface area contributed by atoms with Crippen LogP contribution >= 0.6 is 11.8 Å². The predicted octanol–water partition coefficient (Wildman–Crippen LogP) is 4.28. The Bertz CT molecular complexity index is 1060. The van der Waals surface area contributed by atoms with Crippen molar-refractivity contribution in [3.63, 3.8) is 0 Å². The molecular formula is C22H23N3O3S. The van der Waals surface area contributed by atoms with Gasteiger partial charge in [0.15, 0.2) is 0 Å². The maximum Gasteiger partial charge on any atom is 0.235 e. The summed E-state index contributed by atoms with van der Waals surface area (Å²) in [5.74, 6) is 2.50. The number of fused-ring (bicyclic) bond motifs is 1. The standard InChI is InChI=1S/C22H23N3O3S/c1-13-5-7-15(8-6-13)25-22-20(14(2)24-25)21(29-12-19(26)23-22)17-11-16(27-3)9-10-18(17)28-4/h5-11,21H,12H2,1-4H3,(H,23,26)/t21-/m0/s1. The average molecular weight is 410 g/mol. The van der Waals surface area contributed by atoms with E-state index in [1.165, 1.54) is 5.56 Å². The molecule has 1 aliphatic heterocycles. The molecule has 3 aromatic rings. The van der Waals surface area contributed by atoms with Gasteiger partial charge in [-0.3, -0.25) is 4.79 Å². The summed E-state index contributed by atoms with van der Waals surface area (Å²) in [5.41, 5.74) is 4.88. The number of carbonyl (C=O) groups is 1. The number of anilines is 1. The second kappa shape index (κ2) is 7.83. The molecule has 2 heterocycles. The predicted molar refractivity (Wildman–Crippen MR) is 116 cm³/mol. The number of carbonyl (C=O) groups excluding carboxylic acids is 1. The zero-order chi connectivity index (χ0) is 20.5. The lowest BCUT2D eigenvalue weighted by Crippen LogP contribution is -2.15. The minimum absolute atomic E-state index is 0.0473. The smallest absolute Gasteiger partial charge is 0.235 e. The van der Waals surface area contributed by atoms with Crippen molar-refractivity contribution >= 4 is 23.5 Å². The minimum atomic E-state index is -0.117. The van der Waals surface area contributed by atoms with Crippen molar-refractivity contribution in [3.05, 3.63) is 64.8 Å². The summed E-state index contributed by atoms with van der Waals surface area (Å²) >= 11 is 1.56. The molecule has 0 radical (unpaired) electrons. The van der Waals surface area contributed by atoms with Crippen LogP contribution in [0.3, 0.4) is 0 Å². The summed E-state index contributed by atoms with van der Waals surface area (Å²) in [4.78, 5) is 12.5. The molecule has 0 unspecified atom stereocenters. The van der Waals surface area contributed by atoms with Gasteiger partial charge in [0.2, 0.25) is 5.91 Å². The Hall–Kier alpha value is -2.93. The second-order valence-corrected chi connectivity index (χ2v) is 8.04. The van der Waals surface area contributed by atoms with Crippen molar-refractivity contribution in [2.24, 2.45) is 0 Å². The lowest BCUT2D eigenvalue weighted by atomic mass is 10.0. The van der Waals surface area contributed by atoms with Gasteiger partial charge >= 0.3 is 0 Å². The van der Waals surface area contributed by atoms with Gasteiger partial charge in [-0.1, -0.05) is 17.7 Å². The van der Waals surface area contributed by atoms with E-state index in [0.717, 1.165) is 34.0 Å². The van der Waals surface area contributed by atoms with Gasteiger partial charge in [-0.05, 0) is 44.2 Å². The van der Waals surface area contributed by atoms with Crippen LogP contribution < -0.4 is 14.8 Å². The van der Waals surface area contributed by atoms with E-state index in [2.05, 4.69) is 5.32 Å². The monoisotopic (exact) mass is 409 g/mol. The van der Waals surface area contributed by atoms with Gasteiger partial charge in [0.05, 0.1) is 36.6 Å². The van der Waals surface area contributed by atoms with Crippen molar-refractivity contribution in [1.82, 2.24) is 9.78 Å². The number of hydrogen-bond donors (Lipinski definition) is 1. The van der Waals surface area contributed by atoms with E-state index in [9.17, 15) is 4.79 Å². The molecule has 2 aromatic carbocycles. The number of amides is 1. The van der Waals surface area contributed by atoms with Crippen molar-refractivity contribution < 1.29 is 14.3 Å². The molecule has 29 heavy (non-hydrogen) atoms. The molecule has 0 aliphatic carbocycles. The highest BCUT2D eigenvalue weighted by Crippen LogP contribution is 2.47. The molecule has 1 amide bonds. The average Bonchev–Trinajstić information content (AvgIpc) is 2.93. The van der Waals surface area contributed by atoms with E-state index in [1.807, 2.05) is 61.0 Å². The molecule has 0 saturated carbocycles. The summed E-state index contributed by atoms with van der Waals surface area (Å²) in [6.07, 6.45) is 0. The van der Waals surface area contributed by atoms with Gasteiger partial charge in [-0.2, -0.15) is 5.10 Å². The molecule has 4 rings (SSSR count). The third-order valence-corrected chi connectivity index (χ3v) is 6.26. The largest absolute Gasteiger partial charge is 0.497 e. The first kappa shape index (κ1) is 19.4. The Morgan fingerprint density at radius 2 is 1.86 bits per heavy atom. The Balaban J connectivity index is 1.91. The van der Waals surface area contributed by atoms with Gasteiger partial charge in [0.25, 0.3) is 0 Å². The Labute approximate surface area is 174 Å². The van der Waals surface area contributed by atoms with Gasteiger partial charge in [-0.15, -0.1) is 11.8 Å². The Morgan fingerprint density at radius 1 is 1.10 bits per heavy atom. The lowest BCUT2D eigenvalue weighted by molar-refractivity contribution is -0.113. The molecule has 1 N–H and O–H groups in total. The number of nitrogens with zero attached hydrogens (tertiary/aromatic N) is 2. The third-order valence-electron chi connectivity index (χ3n) is 5.01. The highest BCUT2D eigenvalue weighted by molar-refractivity contribution is 8.00. The fourth-order valence-corrected chi connectivity index (χ4v) is 4.75. The van der Waals surface area contributed by atoms with Crippen LogP contribution in [0.25, 0.3) is 5.69 Å². The molecule has 0 saturated heterocycles. The van der Waals surface area contributed by atoms with E-state index in [1.54, 1.807) is 26.0 Å². The zero-order valence-corrected chi connectivity index (χ0v) is 17.7. The fourth-order valence-electron chi connectivity index (χ4n) is 3.55. The van der Waals surface area contributed by atoms with E-state index in [4.69, 9.17) is 14.6 Å². The zero-order valence-electron chi connectivity index (χ0n) is 16.9.